The molecule has 0 saturated heterocycles. The summed E-state index contributed by atoms with van der Waals surface area (Å²) in [6.07, 6.45) is 0. The maximum atomic E-state index is 2.56. The van der Waals surface area contributed by atoms with Gasteiger partial charge in [0.1, 0.15) is 0 Å². The van der Waals surface area contributed by atoms with Gasteiger partial charge in [-0.3, -0.25) is 0 Å². The second-order valence-electron chi connectivity index (χ2n) is 14.9. The van der Waals surface area contributed by atoms with Crippen LogP contribution in [0.2, 0.25) is 0 Å². The van der Waals surface area contributed by atoms with E-state index in [9.17, 15) is 0 Å². The number of fused-ring (bicyclic) bond motifs is 9. The minimum absolute atomic E-state index is 0.0949. The van der Waals surface area contributed by atoms with Gasteiger partial charge in [-0.05, 0) is 92.5 Å². The van der Waals surface area contributed by atoms with Gasteiger partial charge in [0.25, 0.3) is 0 Å². The highest BCUT2D eigenvalue weighted by atomic mass is 32.1. The average Bonchev–Trinajstić information content (AvgIpc) is 3.72. The molecule has 240 valence electrons. The molecule has 2 aliphatic rings. The Morgan fingerprint density at radius 3 is 1.92 bits per heavy atom. The molecule has 0 N–H and O–H groups in total. The van der Waals surface area contributed by atoms with Crippen LogP contribution in [0.15, 0.2) is 152 Å². The maximum Gasteiger partial charge on any atom is 0.0543 e. The lowest BCUT2D eigenvalue weighted by atomic mass is 9.81. The number of benzene rings is 7. The Hall–Kier alpha value is -5.44. The topological polar surface area (TPSA) is 3.24 Å². The molecule has 1 nitrogen and oxygen atoms in total. The minimum Gasteiger partial charge on any atom is -0.310 e. The van der Waals surface area contributed by atoms with Crippen molar-refractivity contribution >= 4 is 48.6 Å². The molecule has 1 aromatic heterocycles. The molecule has 0 unspecified atom stereocenters. The number of thiophene rings is 1. The van der Waals surface area contributed by atoms with Crippen LogP contribution in [0.1, 0.15) is 49.9 Å². The predicted octanol–water partition coefficient (Wildman–Crippen LogP) is 13.8. The number of anilines is 3. The second-order valence-corrected chi connectivity index (χ2v) is 16.0. The molecule has 0 atom stereocenters. The number of nitrogens with zero attached hydrogens (tertiary/aromatic N) is 1. The largest absolute Gasteiger partial charge is 0.310 e. The van der Waals surface area contributed by atoms with Gasteiger partial charge in [-0.2, -0.15) is 0 Å². The lowest BCUT2D eigenvalue weighted by Crippen LogP contribution is -2.21. The molecule has 0 aliphatic heterocycles. The molecule has 1 heterocycles. The average molecular weight is 660 g/mol. The highest BCUT2D eigenvalue weighted by Gasteiger charge is 2.41. The first-order chi connectivity index (χ1) is 24.3. The summed E-state index contributed by atoms with van der Waals surface area (Å²) >= 11 is 1.87. The lowest BCUT2D eigenvalue weighted by molar-refractivity contribution is 0.659. The highest BCUT2D eigenvalue weighted by molar-refractivity contribution is 7.25. The van der Waals surface area contributed by atoms with Gasteiger partial charge in [0.05, 0.1) is 11.4 Å². The van der Waals surface area contributed by atoms with E-state index in [0.29, 0.717) is 0 Å². The molecule has 0 amide bonds. The van der Waals surface area contributed by atoms with Crippen molar-refractivity contribution in [2.24, 2.45) is 0 Å². The zero-order valence-electron chi connectivity index (χ0n) is 28.8. The van der Waals surface area contributed by atoms with Crippen molar-refractivity contribution in [2.45, 2.75) is 38.5 Å². The lowest BCUT2D eigenvalue weighted by Gasteiger charge is -2.34. The Kier molecular flexibility index (Phi) is 6.21. The van der Waals surface area contributed by atoms with Crippen molar-refractivity contribution in [2.75, 3.05) is 4.90 Å². The van der Waals surface area contributed by atoms with Crippen molar-refractivity contribution in [1.29, 1.82) is 0 Å². The Morgan fingerprint density at radius 1 is 0.440 bits per heavy atom. The van der Waals surface area contributed by atoms with Crippen LogP contribution in [-0.2, 0) is 10.8 Å². The number of hydrogen-bond acceptors (Lipinski definition) is 2. The van der Waals surface area contributed by atoms with E-state index in [1.54, 1.807) is 0 Å². The van der Waals surface area contributed by atoms with Crippen molar-refractivity contribution < 1.29 is 0 Å². The van der Waals surface area contributed by atoms with Gasteiger partial charge in [0, 0.05) is 42.3 Å². The molecule has 7 aromatic carbocycles. The third kappa shape index (κ3) is 4.06. The van der Waals surface area contributed by atoms with E-state index in [1.165, 1.54) is 87.2 Å². The van der Waals surface area contributed by atoms with Gasteiger partial charge >= 0.3 is 0 Å². The van der Waals surface area contributed by atoms with E-state index in [-0.39, 0.29) is 10.8 Å². The number of hydrogen-bond donors (Lipinski definition) is 0. The van der Waals surface area contributed by atoms with Crippen LogP contribution >= 0.6 is 11.3 Å². The summed E-state index contributed by atoms with van der Waals surface area (Å²) in [6, 6.07) is 56.7. The van der Waals surface area contributed by atoms with Crippen LogP contribution in [0.4, 0.5) is 17.1 Å². The predicted molar refractivity (Wildman–Crippen MR) is 215 cm³/mol. The molecule has 10 rings (SSSR count). The van der Waals surface area contributed by atoms with Gasteiger partial charge in [0.2, 0.25) is 0 Å². The van der Waals surface area contributed by atoms with Crippen LogP contribution in [0.5, 0.6) is 0 Å². The fraction of sp³-hybridized carbons (Fsp3) is 0.125. The summed E-state index contributed by atoms with van der Waals surface area (Å²) in [4.78, 5) is 2.56. The third-order valence-electron chi connectivity index (χ3n) is 11.4. The zero-order chi connectivity index (χ0) is 33.8. The van der Waals surface area contributed by atoms with Crippen LogP contribution in [-0.4, -0.2) is 0 Å². The van der Waals surface area contributed by atoms with Gasteiger partial charge in [-0.25, -0.2) is 0 Å². The van der Waals surface area contributed by atoms with Crippen molar-refractivity contribution in [3.05, 3.63) is 174 Å². The van der Waals surface area contributed by atoms with Gasteiger partial charge < -0.3 is 4.90 Å². The normalized spacial score (nSPS) is 14.7. The molecule has 0 radical (unpaired) electrons. The van der Waals surface area contributed by atoms with E-state index >= 15 is 0 Å². The molecule has 8 aromatic rings. The smallest absolute Gasteiger partial charge is 0.0543 e. The van der Waals surface area contributed by atoms with E-state index < -0.39 is 0 Å². The Labute approximate surface area is 298 Å². The molecule has 2 aliphatic carbocycles. The molecule has 50 heavy (non-hydrogen) atoms. The first-order valence-corrected chi connectivity index (χ1v) is 18.4. The first kappa shape index (κ1) is 29.5. The van der Waals surface area contributed by atoms with Crippen LogP contribution in [0.3, 0.4) is 0 Å². The van der Waals surface area contributed by atoms with Crippen molar-refractivity contribution in [3.63, 3.8) is 0 Å². The van der Waals surface area contributed by atoms with Gasteiger partial charge in [-0.1, -0.05) is 137 Å². The molecular weight excluding hydrogens is 623 g/mol. The summed E-state index contributed by atoms with van der Waals surface area (Å²) in [5, 5.41) is 2.65. The van der Waals surface area contributed by atoms with Gasteiger partial charge in [-0.15, -0.1) is 11.3 Å². The monoisotopic (exact) mass is 659 g/mol. The first-order valence-electron chi connectivity index (χ1n) is 17.6. The van der Waals surface area contributed by atoms with E-state index in [2.05, 4.69) is 184 Å². The summed E-state index contributed by atoms with van der Waals surface area (Å²) < 4.78 is 2.66. The Balaban J connectivity index is 1.24. The van der Waals surface area contributed by atoms with Crippen molar-refractivity contribution in [1.82, 2.24) is 0 Å². The maximum absolute atomic E-state index is 2.56. The third-order valence-corrected chi connectivity index (χ3v) is 12.6. The second kappa shape index (κ2) is 10.5. The van der Waals surface area contributed by atoms with Crippen LogP contribution < -0.4 is 4.90 Å². The highest BCUT2D eigenvalue weighted by Crippen LogP contribution is 2.58. The molecule has 0 fully saturated rings. The standard InChI is InChI=1S/C48H37NS/c1-47(2)39-21-9-6-18-36(39)45-40(47)22-13-23-41(45)49(42-24-12-19-35-33-16-5-8-20-38(33)48(3,4)46(35)42)32-15-11-14-30(28-32)31-26-27-44-37(29-31)34-17-7-10-25-43(34)50-44/h5-29H,1-4H3. The molecule has 0 spiro atoms. The SMILES string of the molecule is CC1(C)c2ccccc2-c2c(N(c3cccc(-c4ccc5sc6ccccc6c5c4)c3)c3cccc4c3C(C)(C)c3ccccc3-4)cccc21. The molecule has 0 bridgehead atoms. The summed E-state index contributed by atoms with van der Waals surface area (Å²) in [7, 11) is 0. The molecule has 2 heteroatoms. The van der Waals surface area contributed by atoms with Crippen LogP contribution in [0.25, 0.3) is 53.6 Å². The quantitative estimate of drug-likeness (QED) is 0.182. The van der Waals surface area contributed by atoms with E-state index in [0.717, 1.165) is 5.69 Å². The fourth-order valence-corrected chi connectivity index (χ4v) is 10.2. The Bertz CT molecular complexity index is 2670. The van der Waals surface area contributed by atoms with Crippen molar-refractivity contribution in [3.8, 4) is 33.4 Å². The summed E-state index contributed by atoms with van der Waals surface area (Å²) in [5.41, 5.74) is 16.6. The summed E-state index contributed by atoms with van der Waals surface area (Å²) in [5.74, 6) is 0. The van der Waals surface area contributed by atoms with Gasteiger partial charge in [0.15, 0.2) is 0 Å². The Morgan fingerprint density at radius 2 is 1.06 bits per heavy atom. The van der Waals surface area contributed by atoms with E-state index in [1.807, 2.05) is 11.3 Å². The molecule has 0 saturated carbocycles. The number of rotatable bonds is 4. The van der Waals surface area contributed by atoms with Crippen LogP contribution in [0, 0.1) is 0 Å². The zero-order valence-corrected chi connectivity index (χ0v) is 29.6. The summed E-state index contributed by atoms with van der Waals surface area (Å²) in [6.45, 7) is 9.53. The minimum atomic E-state index is -0.168. The van der Waals surface area contributed by atoms with E-state index in [4.69, 9.17) is 0 Å². The molecular formula is C48H37NS. The fourth-order valence-electron chi connectivity index (χ4n) is 9.07.